The van der Waals surface area contributed by atoms with Crippen LogP contribution in [0.1, 0.15) is 57.6 Å². The zero-order valence-corrected chi connectivity index (χ0v) is 17.8. The van der Waals surface area contributed by atoms with Gasteiger partial charge in [0.15, 0.2) is 11.5 Å². The maximum atomic E-state index is 12.8. The summed E-state index contributed by atoms with van der Waals surface area (Å²) in [5.74, 6) is -0.970. The average Bonchev–Trinajstić information content (AvgIpc) is 3.35. The van der Waals surface area contributed by atoms with Crippen LogP contribution >= 0.6 is 0 Å². The van der Waals surface area contributed by atoms with Crippen LogP contribution < -0.4 is 10.9 Å². The summed E-state index contributed by atoms with van der Waals surface area (Å²) in [6, 6.07) is 15.2. The van der Waals surface area contributed by atoms with E-state index in [9.17, 15) is 9.59 Å². The van der Waals surface area contributed by atoms with Gasteiger partial charge in [0, 0.05) is 10.9 Å². The van der Waals surface area contributed by atoms with E-state index in [0.717, 1.165) is 16.6 Å². The van der Waals surface area contributed by atoms with Gasteiger partial charge in [-0.25, -0.2) is 4.68 Å². The molecule has 0 saturated heterocycles. The Bertz CT molecular complexity index is 1270. The molecule has 0 radical (unpaired) electrons. The number of para-hydroxylation sites is 1. The maximum Gasteiger partial charge on any atom is 0.305 e. The number of benzene rings is 2. The standard InChI is InChI=1S/C23H23N5O3/c1-13(2)20-19(24-27-28(20)16-11-9-14(3)10-12-16)22(29)25-26-23(30)21-15(4)17-7-5-6-8-18(17)31-21/h5-13H,1-4H3,(H,25,29)(H,26,30). The van der Waals surface area contributed by atoms with E-state index in [1.807, 2.05) is 63.2 Å². The highest BCUT2D eigenvalue weighted by Crippen LogP contribution is 2.25. The largest absolute Gasteiger partial charge is 0.451 e. The second kappa shape index (κ2) is 8.06. The number of aryl methyl sites for hydroxylation is 2. The second-order valence-corrected chi connectivity index (χ2v) is 7.69. The highest BCUT2D eigenvalue weighted by molar-refractivity contribution is 6.01. The van der Waals surface area contributed by atoms with Crippen molar-refractivity contribution in [2.24, 2.45) is 0 Å². The lowest BCUT2D eigenvalue weighted by molar-refractivity contribution is 0.0828. The molecule has 4 aromatic rings. The summed E-state index contributed by atoms with van der Waals surface area (Å²) in [7, 11) is 0. The third-order valence-electron chi connectivity index (χ3n) is 5.08. The fourth-order valence-corrected chi connectivity index (χ4v) is 3.47. The van der Waals surface area contributed by atoms with E-state index >= 15 is 0 Å². The van der Waals surface area contributed by atoms with E-state index in [1.165, 1.54) is 0 Å². The van der Waals surface area contributed by atoms with Crippen LogP contribution in [-0.4, -0.2) is 26.8 Å². The van der Waals surface area contributed by atoms with Gasteiger partial charge < -0.3 is 4.42 Å². The molecule has 0 unspecified atom stereocenters. The van der Waals surface area contributed by atoms with Crippen molar-refractivity contribution in [1.82, 2.24) is 25.8 Å². The fourth-order valence-electron chi connectivity index (χ4n) is 3.47. The van der Waals surface area contributed by atoms with Crippen LogP contribution in [0.4, 0.5) is 0 Å². The number of aromatic nitrogens is 3. The van der Waals surface area contributed by atoms with E-state index in [-0.39, 0.29) is 17.4 Å². The minimum Gasteiger partial charge on any atom is -0.451 e. The third kappa shape index (κ3) is 3.79. The van der Waals surface area contributed by atoms with Crippen LogP contribution in [0.3, 0.4) is 0 Å². The molecule has 0 bridgehead atoms. The summed E-state index contributed by atoms with van der Waals surface area (Å²) in [5.41, 5.74) is 8.88. The minimum absolute atomic E-state index is 0.0228. The SMILES string of the molecule is Cc1ccc(-n2nnc(C(=O)NNC(=O)c3oc4ccccc4c3C)c2C(C)C)cc1. The van der Waals surface area contributed by atoms with Crippen molar-refractivity contribution in [3.63, 3.8) is 0 Å². The first-order chi connectivity index (χ1) is 14.9. The van der Waals surface area contributed by atoms with Crippen molar-refractivity contribution in [3.05, 3.63) is 76.8 Å². The van der Waals surface area contributed by atoms with E-state index in [0.29, 0.717) is 16.8 Å². The molecule has 2 aromatic heterocycles. The van der Waals surface area contributed by atoms with Gasteiger partial charge in [-0.15, -0.1) is 5.10 Å². The molecule has 8 heteroatoms. The summed E-state index contributed by atoms with van der Waals surface area (Å²) < 4.78 is 7.28. The van der Waals surface area contributed by atoms with Crippen molar-refractivity contribution in [1.29, 1.82) is 0 Å². The number of nitrogens with one attached hydrogen (secondary N) is 2. The molecule has 0 atom stereocenters. The van der Waals surface area contributed by atoms with Gasteiger partial charge in [-0.3, -0.25) is 20.4 Å². The summed E-state index contributed by atoms with van der Waals surface area (Å²) >= 11 is 0. The predicted octanol–water partition coefficient (Wildman–Crippen LogP) is 3.83. The smallest absolute Gasteiger partial charge is 0.305 e. The Hall–Kier alpha value is -3.94. The van der Waals surface area contributed by atoms with Gasteiger partial charge in [0.05, 0.1) is 11.4 Å². The van der Waals surface area contributed by atoms with E-state index in [4.69, 9.17) is 4.42 Å². The highest BCUT2D eigenvalue weighted by Gasteiger charge is 2.24. The van der Waals surface area contributed by atoms with Gasteiger partial charge in [-0.1, -0.05) is 55.0 Å². The summed E-state index contributed by atoms with van der Waals surface area (Å²) in [6.07, 6.45) is 0. The topological polar surface area (TPSA) is 102 Å². The van der Waals surface area contributed by atoms with Gasteiger partial charge in [-0.2, -0.15) is 0 Å². The molecule has 0 saturated carbocycles. The van der Waals surface area contributed by atoms with Crippen LogP contribution in [0, 0.1) is 13.8 Å². The molecule has 0 aliphatic rings. The highest BCUT2D eigenvalue weighted by atomic mass is 16.3. The van der Waals surface area contributed by atoms with Gasteiger partial charge in [0.2, 0.25) is 0 Å². The molecule has 2 amide bonds. The predicted molar refractivity (Wildman–Crippen MR) is 116 cm³/mol. The molecule has 0 aliphatic carbocycles. The van der Waals surface area contributed by atoms with Gasteiger partial charge in [-0.05, 0) is 38.0 Å². The Balaban J connectivity index is 1.55. The maximum absolute atomic E-state index is 12.8. The Morgan fingerprint density at radius 1 is 0.968 bits per heavy atom. The Kier molecular flexibility index (Phi) is 5.29. The van der Waals surface area contributed by atoms with E-state index in [1.54, 1.807) is 17.7 Å². The lowest BCUT2D eigenvalue weighted by Crippen LogP contribution is -2.42. The van der Waals surface area contributed by atoms with Gasteiger partial charge in [0.25, 0.3) is 5.91 Å². The van der Waals surface area contributed by atoms with Crippen molar-refractivity contribution >= 4 is 22.8 Å². The lowest BCUT2D eigenvalue weighted by Gasteiger charge is -2.11. The number of hydrogen-bond donors (Lipinski definition) is 2. The lowest BCUT2D eigenvalue weighted by atomic mass is 10.1. The average molecular weight is 417 g/mol. The molecule has 2 aromatic carbocycles. The zero-order chi connectivity index (χ0) is 22.1. The normalized spacial score (nSPS) is 11.1. The molecule has 8 nitrogen and oxygen atoms in total. The first-order valence-electron chi connectivity index (χ1n) is 9.98. The summed E-state index contributed by atoms with van der Waals surface area (Å²) in [6.45, 7) is 7.71. The Morgan fingerprint density at radius 3 is 2.32 bits per heavy atom. The quantitative estimate of drug-likeness (QED) is 0.492. The number of carbonyl (C=O) groups is 2. The zero-order valence-electron chi connectivity index (χ0n) is 17.8. The third-order valence-corrected chi connectivity index (χ3v) is 5.08. The molecule has 0 fully saturated rings. The molecule has 2 N–H and O–H groups in total. The van der Waals surface area contributed by atoms with Crippen molar-refractivity contribution in [2.75, 3.05) is 0 Å². The number of furan rings is 1. The van der Waals surface area contributed by atoms with E-state index < -0.39 is 11.8 Å². The van der Waals surface area contributed by atoms with Gasteiger partial charge >= 0.3 is 5.91 Å². The minimum atomic E-state index is -0.552. The van der Waals surface area contributed by atoms with Crippen LogP contribution in [-0.2, 0) is 0 Å². The fraction of sp³-hybridized carbons (Fsp3) is 0.217. The van der Waals surface area contributed by atoms with Crippen LogP contribution in [0.25, 0.3) is 16.7 Å². The van der Waals surface area contributed by atoms with Crippen LogP contribution in [0.5, 0.6) is 0 Å². The summed E-state index contributed by atoms with van der Waals surface area (Å²) in [5, 5.41) is 9.08. The number of hydrazine groups is 1. The van der Waals surface area contributed by atoms with E-state index in [2.05, 4.69) is 21.2 Å². The molecule has 0 aliphatic heterocycles. The Labute approximate surface area is 179 Å². The molecule has 31 heavy (non-hydrogen) atoms. The molecule has 158 valence electrons. The number of fused-ring (bicyclic) bond motifs is 1. The molecule has 2 heterocycles. The Morgan fingerprint density at radius 2 is 1.65 bits per heavy atom. The summed E-state index contributed by atoms with van der Waals surface area (Å²) in [4.78, 5) is 25.4. The van der Waals surface area contributed by atoms with Crippen LogP contribution in [0.15, 0.2) is 52.9 Å². The van der Waals surface area contributed by atoms with Crippen molar-refractivity contribution < 1.29 is 14.0 Å². The molecular formula is C23H23N5O3. The second-order valence-electron chi connectivity index (χ2n) is 7.69. The number of amides is 2. The molecule has 0 spiro atoms. The number of carbonyl (C=O) groups excluding carboxylic acids is 2. The number of nitrogens with zero attached hydrogens (tertiary/aromatic N) is 3. The van der Waals surface area contributed by atoms with Gasteiger partial charge in [0.1, 0.15) is 5.58 Å². The van der Waals surface area contributed by atoms with Crippen LogP contribution in [0.2, 0.25) is 0 Å². The van der Waals surface area contributed by atoms with Crippen molar-refractivity contribution in [2.45, 2.75) is 33.6 Å². The first kappa shape index (κ1) is 20.3. The number of hydrogen-bond acceptors (Lipinski definition) is 5. The number of rotatable bonds is 4. The first-order valence-corrected chi connectivity index (χ1v) is 9.98. The monoisotopic (exact) mass is 417 g/mol. The van der Waals surface area contributed by atoms with Crippen molar-refractivity contribution in [3.8, 4) is 5.69 Å². The molecule has 4 rings (SSSR count). The molecular weight excluding hydrogens is 394 g/mol.